The second-order valence-corrected chi connectivity index (χ2v) is 20.6. The molecular weight excluding hydrogens is 769 g/mol. The molecule has 0 aliphatic heterocycles. The third kappa shape index (κ3) is 11.1. The summed E-state index contributed by atoms with van der Waals surface area (Å²) in [4.78, 5) is 64.1. The van der Waals surface area contributed by atoms with Gasteiger partial charge in [-0.25, -0.2) is 4.79 Å². The van der Waals surface area contributed by atoms with Crippen molar-refractivity contribution in [2.24, 2.45) is 46.3 Å². The number of hydrogen-bond acceptors (Lipinski definition) is 8. The molecule has 4 aliphatic carbocycles. The Morgan fingerprint density at radius 3 is 2.46 bits per heavy atom. The molecule has 0 spiro atoms. The molecule has 4 aliphatic rings. The standard InChI is InChI=1S/C51H74N2O8/c1-32(2)12-11-13-33(3)41-21-22-42-40-19-16-35-29-38(24-26-50(35,5)43(40)25-27-51(41,42)6)60-49(59)44(53(7)31-47(56)57)15-10-8-9-14-37(54)18-23-46(55)52-36-17-20-39-34(4)28-48(58)61-45(39)30-36/h16-17,20,28,30,32-33,38,40-44H,8-15,18-19,21-27,29,31H2,1-7H3,(H,52,55)(H,56,57)/t33-,38+,40?,41-,42?,43?,44+,50+,51-/m1/s1. The average Bonchev–Trinajstić information content (AvgIpc) is 3.55. The zero-order valence-electron chi connectivity index (χ0n) is 38.2. The molecule has 1 heterocycles. The lowest BCUT2D eigenvalue weighted by molar-refractivity contribution is -0.158. The van der Waals surface area contributed by atoms with Gasteiger partial charge in [0.15, 0.2) is 0 Å². The number of benzene rings is 1. The molecule has 336 valence electrons. The highest BCUT2D eigenvalue weighted by molar-refractivity contribution is 5.95. The van der Waals surface area contributed by atoms with E-state index >= 15 is 0 Å². The first-order valence-electron chi connectivity index (χ1n) is 23.7. The topological polar surface area (TPSA) is 143 Å². The number of amides is 1. The number of carbonyl (C=O) groups excluding carboxylic acids is 3. The SMILES string of the molecule is Cc1cc(=O)oc2cc(NC(=O)CCC(=O)CCCCC[C@@H](C(=O)O[C@H]3CC[C@@]4(C)C(=CCC5C4CC[C@@]4(C)C5CC[C@@H]4[C@H](C)CCCC(C)C)C3)N(C)CC(=O)O)ccc12. The van der Waals surface area contributed by atoms with Crippen LogP contribution in [0.5, 0.6) is 0 Å². The van der Waals surface area contributed by atoms with E-state index < -0.39 is 17.6 Å². The molecule has 10 heteroatoms. The van der Waals surface area contributed by atoms with Crippen molar-refractivity contribution in [3.8, 4) is 0 Å². The third-order valence-corrected chi connectivity index (χ3v) is 16.0. The van der Waals surface area contributed by atoms with Gasteiger partial charge in [0.2, 0.25) is 5.91 Å². The van der Waals surface area contributed by atoms with Gasteiger partial charge >= 0.3 is 17.6 Å². The van der Waals surface area contributed by atoms with Crippen molar-refractivity contribution in [2.75, 3.05) is 18.9 Å². The van der Waals surface area contributed by atoms with E-state index in [-0.39, 0.29) is 48.6 Å². The van der Waals surface area contributed by atoms with E-state index in [1.165, 1.54) is 56.6 Å². The average molecular weight is 843 g/mol. The number of Topliss-reactive ketones (excluding diaryl/α,β-unsaturated/α-hetero) is 1. The summed E-state index contributed by atoms with van der Waals surface area (Å²) in [5, 5.41) is 13.1. The molecule has 1 amide bonds. The minimum Gasteiger partial charge on any atom is -0.480 e. The van der Waals surface area contributed by atoms with Crippen molar-refractivity contribution in [2.45, 2.75) is 169 Å². The number of carboxylic acids is 1. The quantitative estimate of drug-likeness (QED) is 0.0576. The van der Waals surface area contributed by atoms with Crippen LogP contribution in [-0.2, 0) is 23.9 Å². The third-order valence-electron chi connectivity index (χ3n) is 16.0. The number of ketones is 1. The number of unbranched alkanes of at least 4 members (excludes halogenated alkanes) is 2. The molecule has 0 radical (unpaired) electrons. The highest BCUT2D eigenvalue weighted by atomic mass is 16.5. The lowest BCUT2D eigenvalue weighted by Crippen LogP contribution is -2.51. The molecule has 3 fully saturated rings. The van der Waals surface area contributed by atoms with Crippen LogP contribution in [-0.4, -0.2) is 59.4 Å². The first-order chi connectivity index (χ1) is 29.0. The highest BCUT2D eigenvalue weighted by Gasteiger charge is 2.59. The Bertz CT molecular complexity index is 1990. The zero-order valence-corrected chi connectivity index (χ0v) is 38.2. The number of allylic oxidation sites excluding steroid dienone is 1. The number of aliphatic carboxylic acids is 1. The van der Waals surface area contributed by atoms with Crippen LogP contribution in [0.25, 0.3) is 11.0 Å². The predicted octanol–water partition coefficient (Wildman–Crippen LogP) is 10.7. The maximum absolute atomic E-state index is 13.8. The molecule has 6 rings (SSSR count). The molecule has 1 aromatic carbocycles. The van der Waals surface area contributed by atoms with E-state index in [2.05, 4.69) is 46.0 Å². The molecule has 9 atom stereocenters. The van der Waals surface area contributed by atoms with Gasteiger partial charge in [-0.05, 0) is 136 Å². The summed E-state index contributed by atoms with van der Waals surface area (Å²) in [5.74, 6) is 2.96. The van der Waals surface area contributed by atoms with Crippen molar-refractivity contribution in [3.05, 3.63) is 51.9 Å². The summed E-state index contributed by atoms with van der Waals surface area (Å²) >= 11 is 0. The second kappa shape index (κ2) is 20.2. The molecule has 3 saturated carbocycles. The van der Waals surface area contributed by atoms with Crippen LogP contribution in [0.3, 0.4) is 0 Å². The van der Waals surface area contributed by atoms with E-state index in [1.54, 1.807) is 30.1 Å². The summed E-state index contributed by atoms with van der Waals surface area (Å²) in [5.41, 5.74) is 3.28. The minimum atomic E-state index is -0.995. The van der Waals surface area contributed by atoms with Gasteiger partial charge in [-0.2, -0.15) is 0 Å². The second-order valence-electron chi connectivity index (χ2n) is 20.6. The molecular formula is C51H74N2O8. The van der Waals surface area contributed by atoms with Gasteiger partial charge in [-0.3, -0.25) is 24.1 Å². The number of fused-ring (bicyclic) bond motifs is 6. The van der Waals surface area contributed by atoms with E-state index in [1.807, 2.05) is 6.92 Å². The number of likely N-dealkylation sites (N-methyl/N-ethyl adjacent to an activating group) is 1. The normalized spacial score (nSPS) is 28.1. The number of carboxylic acid groups (broad SMARTS) is 1. The number of nitrogens with zero attached hydrogens (tertiary/aromatic N) is 1. The number of anilines is 1. The molecule has 0 bridgehead atoms. The largest absolute Gasteiger partial charge is 0.480 e. The molecule has 2 aromatic rings. The van der Waals surface area contributed by atoms with E-state index in [4.69, 9.17) is 9.15 Å². The molecule has 1 aromatic heterocycles. The summed E-state index contributed by atoms with van der Waals surface area (Å²) in [6, 6.07) is 5.88. The summed E-state index contributed by atoms with van der Waals surface area (Å²) in [6.07, 6.45) is 18.4. The van der Waals surface area contributed by atoms with Crippen molar-refractivity contribution < 1.29 is 33.4 Å². The van der Waals surface area contributed by atoms with Crippen molar-refractivity contribution in [3.63, 3.8) is 0 Å². The smallest absolute Gasteiger partial charge is 0.336 e. The summed E-state index contributed by atoms with van der Waals surface area (Å²) in [6.45, 7) is 13.9. The number of aryl methyl sites for hydroxylation is 1. The van der Waals surface area contributed by atoms with Crippen LogP contribution in [0.4, 0.5) is 5.69 Å². The number of nitrogens with one attached hydrogen (secondary N) is 1. The Labute approximate surface area is 364 Å². The number of esters is 1. The van der Waals surface area contributed by atoms with E-state index in [0.29, 0.717) is 54.7 Å². The molecule has 61 heavy (non-hydrogen) atoms. The maximum atomic E-state index is 13.8. The van der Waals surface area contributed by atoms with Crippen LogP contribution in [0.15, 0.2) is 45.1 Å². The number of hydrogen-bond donors (Lipinski definition) is 2. The maximum Gasteiger partial charge on any atom is 0.336 e. The van der Waals surface area contributed by atoms with Crippen molar-refractivity contribution in [1.29, 1.82) is 0 Å². The molecule has 3 unspecified atom stereocenters. The van der Waals surface area contributed by atoms with E-state index in [9.17, 15) is 29.1 Å². The predicted molar refractivity (Wildman–Crippen MR) is 240 cm³/mol. The summed E-state index contributed by atoms with van der Waals surface area (Å²) in [7, 11) is 1.67. The molecule has 0 saturated heterocycles. The number of rotatable bonds is 20. The number of carbonyl (C=O) groups is 4. The first-order valence-corrected chi connectivity index (χ1v) is 23.7. The van der Waals surface area contributed by atoms with Crippen LogP contribution in [0.2, 0.25) is 0 Å². The highest BCUT2D eigenvalue weighted by Crippen LogP contribution is 2.67. The lowest BCUT2D eigenvalue weighted by atomic mass is 9.47. The zero-order chi connectivity index (χ0) is 44.1. The van der Waals surface area contributed by atoms with Crippen molar-refractivity contribution in [1.82, 2.24) is 4.90 Å². The Morgan fingerprint density at radius 1 is 0.918 bits per heavy atom. The molecule has 10 nitrogen and oxygen atoms in total. The monoisotopic (exact) mass is 843 g/mol. The van der Waals surface area contributed by atoms with Gasteiger partial charge in [-0.15, -0.1) is 0 Å². The van der Waals surface area contributed by atoms with Gasteiger partial charge < -0.3 is 19.6 Å². The van der Waals surface area contributed by atoms with Gasteiger partial charge in [0, 0.05) is 48.9 Å². The Morgan fingerprint density at radius 2 is 1.70 bits per heavy atom. The van der Waals surface area contributed by atoms with Crippen LogP contribution in [0, 0.1) is 53.3 Å². The van der Waals surface area contributed by atoms with Gasteiger partial charge in [0.05, 0.1) is 6.54 Å². The van der Waals surface area contributed by atoms with Gasteiger partial charge in [0.25, 0.3) is 0 Å². The van der Waals surface area contributed by atoms with Crippen LogP contribution >= 0.6 is 0 Å². The number of ether oxygens (including phenoxy) is 1. The van der Waals surface area contributed by atoms with Gasteiger partial charge in [0.1, 0.15) is 23.5 Å². The van der Waals surface area contributed by atoms with Crippen LogP contribution < -0.4 is 10.9 Å². The summed E-state index contributed by atoms with van der Waals surface area (Å²) < 4.78 is 11.5. The Hall–Kier alpha value is -3.79. The minimum absolute atomic E-state index is 0.0151. The van der Waals surface area contributed by atoms with Crippen LogP contribution in [0.1, 0.15) is 156 Å². The van der Waals surface area contributed by atoms with Crippen molar-refractivity contribution >= 4 is 40.3 Å². The lowest BCUT2D eigenvalue weighted by Gasteiger charge is -2.58. The van der Waals surface area contributed by atoms with E-state index in [0.717, 1.165) is 66.2 Å². The fourth-order valence-corrected chi connectivity index (χ4v) is 12.7. The Kier molecular flexibility index (Phi) is 15.4. The fourth-order valence-electron chi connectivity index (χ4n) is 12.7. The Balaban J connectivity index is 0.956. The first kappa shape index (κ1) is 46.7. The molecule has 2 N–H and O–H groups in total. The fraction of sp³-hybridized carbons (Fsp3) is 0.706. The van der Waals surface area contributed by atoms with Gasteiger partial charge in [-0.1, -0.05) is 78.4 Å².